The molecule has 2 rings (SSSR count). The lowest BCUT2D eigenvalue weighted by molar-refractivity contribution is 0.708. The van der Waals surface area contributed by atoms with Crippen molar-refractivity contribution < 1.29 is 0 Å². The number of nitrogens with zero attached hydrogens (tertiary/aromatic N) is 3. The van der Waals surface area contributed by atoms with E-state index in [0.29, 0.717) is 5.15 Å². The van der Waals surface area contributed by atoms with Crippen molar-refractivity contribution in [3.05, 3.63) is 47.3 Å². The predicted octanol–water partition coefficient (Wildman–Crippen LogP) is 2.54. The quantitative estimate of drug-likeness (QED) is 0.746. The average Bonchev–Trinajstić information content (AvgIpc) is 2.65. The first-order valence-corrected chi connectivity index (χ1v) is 5.29. The van der Waals surface area contributed by atoms with Gasteiger partial charge < -0.3 is 4.57 Å². The van der Waals surface area contributed by atoms with Crippen LogP contribution in [0.15, 0.2) is 30.6 Å². The first-order valence-electron chi connectivity index (χ1n) is 4.91. The molecule has 4 heteroatoms. The highest BCUT2D eigenvalue weighted by Gasteiger charge is 2.03. The Kier molecular flexibility index (Phi) is 3.02. The normalized spacial score (nSPS) is 10.5. The van der Waals surface area contributed by atoms with Crippen LogP contribution in [0.4, 0.5) is 0 Å². The molecule has 0 radical (unpaired) electrons. The Balaban J connectivity index is 2.22. The third-order valence-electron chi connectivity index (χ3n) is 2.25. The van der Waals surface area contributed by atoms with E-state index in [4.69, 9.17) is 11.6 Å². The summed E-state index contributed by atoms with van der Waals surface area (Å²) in [7, 11) is 0. The summed E-state index contributed by atoms with van der Waals surface area (Å²) < 4.78 is 2.10. The van der Waals surface area contributed by atoms with E-state index in [1.54, 1.807) is 6.07 Å². The Labute approximate surface area is 93.7 Å². The third kappa shape index (κ3) is 2.36. The van der Waals surface area contributed by atoms with Crippen molar-refractivity contribution in [1.29, 1.82) is 0 Å². The van der Waals surface area contributed by atoms with Crippen LogP contribution in [-0.2, 0) is 13.0 Å². The second-order valence-electron chi connectivity index (χ2n) is 3.26. The molecule has 2 aromatic heterocycles. The highest BCUT2D eigenvalue weighted by Crippen LogP contribution is 2.09. The Morgan fingerprint density at radius 1 is 1.40 bits per heavy atom. The number of aromatic nitrogens is 3. The average molecular weight is 222 g/mol. The van der Waals surface area contributed by atoms with E-state index in [2.05, 4.69) is 21.5 Å². The van der Waals surface area contributed by atoms with Crippen LogP contribution < -0.4 is 0 Å². The smallest absolute Gasteiger partial charge is 0.129 e. The largest absolute Gasteiger partial charge is 0.335 e. The molecule has 78 valence electrons. The molecule has 0 spiro atoms. The predicted molar refractivity (Wildman–Crippen MR) is 60.0 cm³/mol. The van der Waals surface area contributed by atoms with Crippen molar-refractivity contribution in [1.82, 2.24) is 14.5 Å². The molecule has 0 atom stereocenters. The van der Waals surface area contributed by atoms with Crippen LogP contribution in [-0.4, -0.2) is 14.5 Å². The molecule has 2 aromatic rings. The number of hydrogen-bond donors (Lipinski definition) is 0. The van der Waals surface area contributed by atoms with E-state index in [1.807, 2.05) is 24.5 Å². The van der Waals surface area contributed by atoms with Gasteiger partial charge in [-0.05, 0) is 19.1 Å². The molecule has 3 nitrogen and oxygen atoms in total. The molecule has 0 amide bonds. The Bertz CT molecular complexity index is 451. The van der Waals surface area contributed by atoms with Gasteiger partial charge in [0.1, 0.15) is 11.0 Å². The fourth-order valence-electron chi connectivity index (χ4n) is 1.51. The minimum absolute atomic E-state index is 0.530. The fraction of sp³-hybridized carbons (Fsp3) is 0.273. The van der Waals surface area contributed by atoms with Gasteiger partial charge in [-0.15, -0.1) is 0 Å². The first-order chi connectivity index (χ1) is 7.29. The van der Waals surface area contributed by atoms with Crippen molar-refractivity contribution in [2.24, 2.45) is 0 Å². The molecule has 0 aromatic carbocycles. The van der Waals surface area contributed by atoms with Gasteiger partial charge in [0.15, 0.2) is 0 Å². The lowest BCUT2D eigenvalue weighted by atomic mass is 10.2. The van der Waals surface area contributed by atoms with Gasteiger partial charge in [0.25, 0.3) is 0 Å². The van der Waals surface area contributed by atoms with E-state index < -0.39 is 0 Å². The van der Waals surface area contributed by atoms with Gasteiger partial charge in [-0.1, -0.05) is 17.7 Å². The summed E-state index contributed by atoms with van der Waals surface area (Å²) in [5, 5.41) is 0.530. The molecule has 0 fully saturated rings. The van der Waals surface area contributed by atoms with Gasteiger partial charge >= 0.3 is 0 Å². The summed E-state index contributed by atoms with van der Waals surface area (Å²) in [6.45, 7) is 3.02. The number of imidazole rings is 1. The number of hydrogen-bond acceptors (Lipinski definition) is 2. The molecule has 0 saturated carbocycles. The third-order valence-corrected chi connectivity index (χ3v) is 2.46. The van der Waals surface area contributed by atoms with Crippen molar-refractivity contribution in [2.75, 3.05) is 0 Å². The van der Waals surface area contributed by atoms with Gasteiger partial charge in [0.2, 0.25) is 0 Å². The molecule has 15 heavy (non-hydrogen) atoms. The Morgan fingerprint density at radius 3 is 3.00 bits per heavy atom. The van der Waals surface area contributed by atoms with Crippen molar-refractivity contribution in [3.63, 3.8) is 0 Å². The molecular formula is C11H12ClN3. The second-order valence-corrected chi connectivity index (χ2v) is 3.65. The summed E-state index contributed by atoms with van der Waals surface area (Å²) in [4.78, 5) is 8.53. The standard InChI is InChI=1S/C11H12ClN3/c1-2-15-7-6-13-11(15)8-9-4-3-5-10(12)14-9/h3-7H,2,8H2,1H3. The highest BCUT2D eigenvalue weighted by molar-refractivity contribution is 6.29. The maximum absolute atomic E-state index is 5.82. The van der Waals surface area contributed by atoms with Crippen LogP contribution in [0.5, 0.6) is 0 Å². The molecule has 0 N–H and O–H groups in total. The number of pyridine rings is 1. The van der Waals surface area contributed by atoms with Gasteiger partial charge in [-0.2, -0.15) is 0 Å². The van der Waals surface area contributed by atoms with Gasteiger partial charge in [0, 0.05) is 31.1 Å². The minimum atomic E-state index is 0.530. The fourth-order valence-corrected chi connectivity index (χ4v) is 1.69. The van der Waals surface area contributed by atoms with Crippen LogP contribution >= 0.6 is 11.6 Å². The Hall–Kier alpha value is -1.35. The van der Waals surface area contributed by atoms with E-state index in [-0.39, 0.29) is 0 Å². The van der Waals surface area contributed by atoms with E-state index >= 15 is 0 Å². The monoisotopic (exact) mass is 221 g/mol. The molecule has 0 bridgehead atoms. The highest BCUT2D eigenvalue weighted by atomic mass is 35.5. The molecule has 0 unspecified atom stereocenters. The number of rotatable bonds is 3. The lowest BCUT2D eigenvalue weighted by Crippen LogP contribution is -2.02. The van der Waals surface area contributed by atoms with Crippen LogP contribution in [0.25, 0.3) is 0 Å². The first kappa shape index (κ1) is 10.2. The summed E-state index contributed by atoms with van der Waals surface area (Å²) >= 11 is 5.82. The van der Waals surface area contributed by atoms with Gasteiger partial charge in [0.05, 0.1) is 0 Å². The lowest BCUT2D eigenvalue weighted by Gasteiger charge is -2.04. The SMILES string of the molecule is CCn1ccnc1Cc1cccc(Cl)n1. The van der Waals surface area contributed by atoms with Crippen molar-refractivity contribution in [3.8, 4) is 0 Å². The zero-order valence-electron chi connectivity index (χ0n) is 8.52. The summed E-state index contributed by atoms with van der Waals surface area (Å²) in [5.74, 6) is 1.02. The Morgan fingerprint density at radius 2 is 2.27 bits per heavy atom. The summed E-state index contributed by atoms with van der Waals surface area (Å²) in [6, 6.07) is 5.64. The van der Waals surface area contributed by atoms with Gasteiger partial charge in [-0.25, -0.2) is 9.97 Å². The van der Waals surface area contributed by atoms with Gasteiger partial charge in [-0.3, -0.25) is 0 Å². The molecule has 0 aliphatic carbocycles. The molecule has 0 aliphatic rings. The van der Waals surface area contributed by atoms with Crippen LogP contribution in [0.3, 0.4) is 0 Å². The zero-order chi connectivity index (χ0) is 10.7. The van der Waals surface area contributed by atoms with Crippen LogP contribution in [0.2, 0.25) is 5.15 Å². The second kappa shape index (κ2) is 4.45. The molecule has 0 aliphatic heterocycles. The number of aryl methyl sites for hydroxylation is 1. The van der Waals surface area contributed by atoms with E-state index in [0.717, 1.165) is 24.5 Å². The minimum Gasteiger partial charge on any atom is -0.335 e. The van der Waals surface area contributed by atoms with Crippen molar-refractivity contribution in [2.45, 2.75) is 19.9 Å². The topological polar surface area (TPSA) is 30.7 Å². The molecule has 2 heterocycles. The van der Waals surface area contributed by atoms with E-state index in [9.17, 15) is 0 Å². The maximum atomic E-state index is 5.82. The maximum Gasteiger partial charge on any atom is 0.129 e. The van der Waals surface area contributed by atoms with Crippen molar-refractivity contribution >= 4 is 11.6 Å². The van der Waals surface area contributed by atoms with Crippen LogP contribution in [0, 0.1) is 0 Å². The van der Waals surface area contributed by atoms with E-state index in [1.165, 1.54) is 0 Å². The molecule has 0 saturated heterocycles. The molecular weight excluding hydrogens is 210 g/mol. The summed E-state index contributed by atoms with van der Waals surface area (Å²) in [6.07, 6.45) is 4.50. The zero-order valence-corrected chi connectivity index (χ0v) is 9.28. The number of halogens is 1. The van der Waals surface area contributed by atoms with Crippen LogP contribution in [0.1, 0.15) is 18.4 Å². The summed E-state index contributed by atoms with van der Waals surface area (Å²) in [5.41, 5.74) is 0.948.